The maximum absolute atomic E-state index is 12.6. The Hall–Kier alpha value is -0.710. The molecular weight excluding hydrogens is 256 g/mol. The van der Waals surface area contributed by atoms with Crippen LogP contribution in [0.15, 0.2) is 12.2 Å². The Kier molecular flexibility index (Phi) is 4.11. The average molecular weight is 282 g/mol. The Bertz CT molecular complexity index is 415. The molecule has 1 saturated carbocycles. The molecule has 1 fully saturated rings. The fraction of sp³-hybridized carbons (Fsp3) is 0.812. The zero-order valence-corrected chi connectivity index (χ0v) is 12.5. The van der Waals surface area contributed by atoms with Gasteiger partial charge in [0.2, 0.25) is 0 Å². The number of aliphatic hydroxyl groups excluding tert-OH is 2. The second-order valence-corrected chi connectivity index (χ2v) is 7.03. The average Bonchev–Trinajstić information content (AvgIpc) is 2.40. The number of rotatable bonds is 3. The standard InChI is InChI=1S/C16H26O4/c1-10-4-5-11-8-15(2,20)7-6-12(11)16(10,3)14(19)13(18)9-17/h4-5,10-13,17-18,20H,6-9H2,1-3H3/t10-,11-,12-,13+,15-,16-/m0/s1. The summed E-state index contributed by atoms with van der Waals surface area (Å²) in [5.74, 6) is 0.0418. The SMILES string of the molecule is C[C@H]1C=C[C@H]2C[C@@](C)(O)CC[C@@H]2[C@@]1(C)C(=O)[C@H](O)CO. The lowest BCUT2D eigenvalue weighted by Crippen LogP contribution is -2.53. The van der Waals surface area contributed by atoms with Crippen LogP contribution in [0.3, 0.4) is 0 Å². The number of carbonyl (C=O) groups excluding carboxylic acids is 1. The van der Waals surface area contributed by atoms with Gasteiger partial charge in [-0.25, -0.2) is 0 Å². The molecule has 2 aliphatic carbocycles. The molecule has 0 saturated heterocycles. The lowest BCUT2D eigenvalue weighted by Gasteiger charge is -2.51. The second-order valence-electron chi connectivity index (χ2n) is 7.03. The van der Waals surface area contributed by atoms with Crippen LogP contribution in [0.4, 0.5) is 0 Å². The molecule has 3 N–H and O–H groups in total. The van der Waals surface area contributed by atoms with Crippen molar-refractivity contribution in [1.29, 1.82) is 0 Å². The largest absolute Gasteiger partial charge is 0.393 e. The predicted octanol–water partition coefficient (Wildman–Crippen LogP) is 1.29. The van der Waals surface area contributed by atoms with E-state index in [0.29, 0.717) is 12.8 Å². The van der Waals surface area contributed by atoms with Crippen LogP contribution in [0.1, 0.15) is 40.0 Å². The van der Waals surface area contributed by atoms with E-state index in [4.69, 9.17) is 5.11 Å². The molecule has 0 spiro atoms. The van der Waals surface area contributed by atoms with E-state index in [0.717, 1.165) is 6.42 Å². The molecule has 6 atom stereocenters. The monoisotopic (exact) mass is 282 g/mol. The van der Waals surface area contributed by atoms with Gasteiger partial charge in [-0.3, -0.25) is 4.79 Å². The summed E-state index contributed by atoms with van der Waals surface area (Å²) >= 11 is 0. The molecule has 0 heterocycles. The highest BCUT2D eigenvalue weighted by molar-refractivity contribution is 5.89. The Morgan fingerprint density at radius 2 is 2.05 bits per heavy atom. The molecular formula is C16H26O4. The molecule has 4 heteroatoms. The first kappa shape index (κ1) is 15.7. The zero-order valence-electron chi connectivity index (χ0n) is 12.5. The topological polar surface area (TPSA) is 77.8 Å². The Labute approximate surface area is 120 Å². The smallest absolute Gasteiger partial charge is 0.170 e. The van der Waals surface area contributed by atoms with Gasteiger partial charge >= 0.3 is 0 Å². The van der Waals surface area contributed by atoms with E-state index < -0.39 is 23.7 Å². The number of hydrogen-bond donors (Lipinski definition) is 3. The maximum Gasteiger partial charge on any atom is 0.170 e. The molecule has 0 bridgehead atoms. The molecule has 0 aromatic carbocycles. The van der Waals surface area contributed by atoms with E-state index in [2.05, 4.69) is 6.08 Å². The molecule has 4 nitrogen and oxygen atoms in total. The Morgan fingerprint density at radius 1 is 1.40 bits per heavy atom. The van der Waals surface area contributed by atoms with Crippen LogP contribution in [0, 0.1) is 23.2 Å². The van der Waals surface area contributed by atoms with Crippen molar-refractivity contribution in [3.05, 3.63) is 12.2 Å². The number of fused-ring (bicyclic) bond motifs is 1. The molecule has 2 aliphatic rings. The van der Waals surface area contributed by atoms with Gasteiger partial charge in [0.05, 0.1) is 12.2 Å². The number of aliphatic hydroxyl groups is 3. The van der Waals surface area contributed by atoms with E-state index in [-0.39, 0.29) is 23.5 Å². The zero-order chi connectivity index (χ0) is 15.1. The van der Waals surface area contributed by atoms with Crippen molar-refractivity contribution in [2.45, 2.75) is 51.7 Å². The first-order valence-electron chi connectivity index (χ1n) is 7.46. The lowest BCUT2D eigenvalue weighted by atomic mass is 9.53. The molecule has 0 aromatic heterocycles. The van der Waals surface area contributed by atoms with E-state index in [1.54, 1.807) is 0 Å². The van der Waals surface area contributed by atoms with Gasteiger partial charge in [0.25, 0.3) is 0 Å². The van der Waals surface area contributed by atoms with Crippen LogP contribution >= 0.6 is 0 Å². The summed E-state index contributed by atoms with van der Waals surface area (Å²) in [6, 6.07) is 0. The highest BCUT2D eigenvalue weighted by atomic mass is 16.3. The minimum atomic E-state index is -1.31. The maximum atomic E-state index is 12.6. The molecule has 0 amide bonds. The summed E-state index contributed by atoms with van der Waals surface area (Å²) < 4.78 is 0. The Balaban J connectivity index is 2.33. The second kappa shape index (κ2) is 5.24. The molecule has 0 radical (unpaired) electrons. The van der Waals surface area contributed by atoms with Gasteiger partial charge in [0.1, 0.15) is 6.10 Å². The number of ketones is 1. The van der Waals surface area contributed by atoms with Crippen molar-refractivity contribution >= 4 is 5.78 Å². The van der Waals surface area contributed by atoms with E-state index >= 15 is 0 Å². The number of carbonyl (C=O) groups is 1. The van der Waals surface area contributed by atoms with Gasteiger partial charge in [-0.15, -0.1) is 0 Å². The van der Waals surface area contributed by atoms with Gasteiger partial charge in [-0.1, -0.05) is 26.0 Å². The first-order chi connectivity index (χ1) is 9.22. The lowest BCUT2D eigenvalue weighted by molar-refractivity contribution is -0.150. The van der Waals surface area contributed by atoms with Crippen LogP contribution < -0.4 is 0 Å². The van der Waals surface area contributed by atoms with Crippen LogP contribution in [0.2, 0.25) is 0 Å². The Morgan fingerprint density at radius 3 is 2.65 bits per heavy atom. The van der Waals surface area contributed by atoms with Crippen LogP contribution in [-0.4, -0.2) is 39.4 Å². The summed E-state index contributed by atoms with van der Waals surface area (Å²) in [4.78, 5) is 12.6. The van der Waals surface area contributed by atoms with E-state index in [9.17, 15) is 15.0 Å². The highest BCUT2D eigenvalue weighted by Crippen LogP contribution is 2.53. The molecule has 2 rings (SSSR count). The minimum absolute atomic E-state index is 0.0282. The van der Waals surface area contributed by atoms with Crippen molar-refractivity contribution in [3.63, 3.8) is 0 Å². The molecule has 0 aromatic rings. The van der Waals surface area contributed by atoms with Crippen molar-refractivity contribution in [2.75, 3.05) is 6.61 Å². The summed E-state index contributed by atoms with van der Waals surface area (Å²) in [6.45, 7) is 5.21. The molecule has 114 valence electrons. The van der Waals surface area contributed by atoms with Crippen molar-refractivity contribution in [3.8, 4) is 0 Å². The third-order valence-electron chi connectivity index (χ3n) is 5.56. The van der Waals surface area contributed by atoms with Gasteiger partial charge in [0.15, 0.2) is 5.78 Å². The summed E-state index contributed by atoms with van der Waals surface area (Å²) in [5.41, 5.74) is -1.34. The molecule has 0 unspecified atom stereocenters. The van der Waals surface area contributed by atoms with Crippen molar-refractivity contribution < 1.29 is 20.1 Å². The molecule has 20 heavy (non-hydrogen) atoms. The minimum Gasteiger partial charge on any atom is -0.393 e. The number of hydrogen-bond acceptors (Lipinski definition) is 4. The van der Waals surface area contributed by atoms with Gasteiger partial charge in [-0.05, 0) is 43.9 Å². The highest BCUT2D eigenvalue weighted by Gasteiger charge is 2.53. The number of Topliss-reactive ketones (excluding diaryl/α,β-unsaturated/α-hetero) is 1. The first-order valence-corrected chi connectivity index (χ1v) is 7.46. The van der Waals surface area contributed by atoms with Gasteiger partial charge in [0, 0.05) is 5.41 Å². The summed E-state index contributed by atoms with van der Waals surface area (Å²) in [5, 5.41) is 29.1. The van der Waals surface area contributed by atoms with Crippen LogP contribution in [-0.2, 0) is 4.79 Å². The van der Waals surface area contributed by atoms with Crippen LogP contribution in [0.25, 0.3) is 0 Å². The third-order valence-corrected chi connectivity index (χ3v) is 5.56. The third kappa shape index (κ3) is 2.45. The quantitative estimate of drug-likeness (QED) is 0.682. The fourth-order valence-corrected chi connectivity index (χ4v) is 4.08. The van der Waals surface area contributed by atoms with E-state index in [1.165, 1.54) is 0 Å². The molecule has 0 aliphatic heterocycles. The number of allylic oxidation sites excluding steroid dienone is 2. The van der Waals surface area contributed by atoms with Crippen molar-refractivity contribution in [1.82, 2.24) is 0 Å². The predicted molar refractivity (Wildman–Crippen MR) is 76.0 cm³/mol. The van der Waals surface area contributed by atoms with Gasteiger partial charge in [-0.2, -0.15) is 0 Å². The van der Waals surface area contributed by atoms with Crippen molar-refractivity contribution in [2.24, 2.45) is 23.2 Å². The van der Waals surface area contributed by atoms with Crippen LogP contribution in [0.5, 0.6) is 0 Å². The van der Waals surface area contributed by atoms with Gasteiger partial charge < -0.3 is 15.3 Å². The summed E-state index contributed by atoms with van der Waals surface area (Å²) in [6.07, 6.45) is 4.92. The fourth-order valence-electron chi connectivity index (χ4n) is 4.08. The normalized spacial score (nSPS) is 45.8. The van der Waals surface area contributed by atoms with E-state index in [1.807, 2.05) is 26.8 Å². The summed E-state index contributed by atoms with van der Waals surface area (Å²) in [7, 11) is 0.